The van der Waals surface area contributed by atoms with E-state index in [1.807, 2.05) is 23.1 Å². The van der Waals surface area contributed by atoms with E-state index in [0.29, 0.717) is 55.0 Å². The highest BCUT2D eigenvalue weighted by Crippen LogP contribution is 2.40. The van der Waals surface area contributed by atoms with Gasteiger partial charge in [0.05, 0.1) is 35.1 Å². The number of likely N-dealkylation sites (tertiary alicyclic amines) is 1. The molecule has 63 heavy (non-hydrogen) atoms. The van der Waals surface area contributed by atoms with Gasteiger partial charge in [-0.2, -0.15) is 13.2 Å². The smallest absolute Gasteiger partial charge is 0.372 e. The van der Waals surface area contributed by atoms with E-state index >= 15 is 0 Å². The van der Waals surface area contributed by atoms with E-state index in [1.54, 1.807) is 18.3 Å². The zero-order valence-electron chi connectivity index (χ0n) is 34.8. The second kappa shape index (κ2) is 17.2. The highest BCUT2D eigenvalue weighted by Gasteiger charge is 2.45. The lowest BCUT2D eigenvalue weighted by atomic mass is 9.93. The van der Waals surface area contributed by atoms with Crippen molar-refractivity contribution in [2.75, 3.05) is 92.0 Å². The number of hydrogen-bond acceptors (Lipinski definition) is 11. The van der Waals surface area contributed by atoms with E-state index in [9.17, 15) is 37.1 Å². The number of imide groups is 2. The molecule has 1 aromatic heterocycles. The number of halogens is 3. The van der Waals surface area contributed by atoms with Crippen LogP contribution >= 0.6 is 0 Å². The molecule has 0 saturated carbocycles. The molecule has 1 unspecified atom stereocenters. The van der Waals surface area contributed by atoms with Crippen LogP contribution in [0.15, 0.2) is 54.7 Å². The number of alkyl halides is 3. The van der Waals surface area contributed by atoms with E-state index in [-0.39, 0.29) is 30.2 Å². The number of piperidine rings is 3. The molecule has 6 aliphatic rings. The quantitative estimate of drug-likeness (QED) is 0.230. The average molecular weight is 867 g/mol. The maximum Gasteiger partial charge on any atom is 0.407 e. The van der Waals surface area contributed by atoms with Crippen LogP contribution < -0.4 is 25.3 Å². The fraction of sp³-hybridized carbons (Fsp3) is 0.489. The molecule has 1 atom stereocenters. The van der Waals surface area contributed by atoms with Gasteiger partial charge in [-0.1, -0.05) is 6.07 Å². The van der Waals surface area contributed by atoms with Crippen molar-refractivity contribution in [1.82, 2.24) is 25.0 Å². The minimum absolute atomic E-state index is 0.0847. The molecule has 0 spiro atoms. The van der Waals surface area contributed by atoms with Gasteiger partial charge in [-0.15, -0.1) is 0 Å². The number of pyridine rings is 1. The molecule has 5 amide bonds. The number of benzene rings is 2. The highest BCUT2D eigenvalue weighted by molar-refractivity contribution is 6.23. The number of piperazine rings is 1. The standard InChI is InChI=1S/C45H49F3N10O5/c1-49-37-6-3-31(23-36(37)45(46,47)48)54-16-12-29(13-17-54)41(60)51-39-8-4-32(24-50-39)55-14-10-28(11-15-55)25-53-26-33(27-53)57-20-18-56(19-21-57)30-2-5-34-35(22-30)44(63)58(43(34)62)38-7-9-40(59)52-42(38)61/h2-6,8,22-24,28-29,33,38H,7,9-21,25-27H2,(H,50,51,60)(H,52,59,61). The average Bonchev–Trinajstić information content (AvgIpc) is 3.52. The first-order valence-electron chi connectivity index (χ1n) is 21.8. The normalized spacial score (nSPS) is 22.2. The molecule has 2 aromatic carbocycles. The van der Waals surface area contributed by atoms with Crippen molar-refractivity contribution in [2.24, 2.45) is 11.8 Å². The van der Waals surface area contributed by atoms with Gasteiger partial charge in [0.2, 0.25) is 17.7 Å². The molecule has 330 valence electrons. The molecule has 0 bridgehead atoms. The Labute approximate surface area is 363 Å². The van der Waals surface area contributed by atoms with Gasteiger partial charge in [-0.3, -0.25) is 44.0 Å². The van der Waals surface area contributed by atoms with Gasteiger partial charge < -0.3 is 20.0 Å². The van der Waals surface area contributed by atoms with Crippen LogP contribution in [0.25, 0.3) is 4.85 Å². The predicted octanol–water partition coefficient (Wildman–Crippen LogP) is 4.63. The van der Waals surface area contributed by atoms with Crippen LogP contribution in [0.3, 0.4) is 0 Å². The number of aromatic nitrogens is 1. The van der Waals surface area contributed by atoms with E-state index in [4.69, 9.17) is 6.57 Å². The molecule has 7 heterocycles. The van der Waals surface area contributed by atoms with Gasteiger partial charge in [0, 0.05) is 102 Å². The number of carbonyl (C=O) groups is 5. The van der Waals surface area contributed by atoms with Crippen molar-refractivity contribution in [3.63, 3.8) is 0 Å². The van der Waals surface area contributed by atoms with Crippen LogP contribution in [0, 0.1) is 18.4 Å². The first-order chi connectivity index (χ1) is 30.3. The summed E-state index contributed by atoms with van der Waals surface area (Å²) in [5.41, 5.74) is 1.51. The van der Waals surface area contributed by atoms with E-state index in [0.717, 1.165) is 94.1 Å². The lowest BCUT2D eigenvalue weighted by molar-refractivity contribution is -0.137. The van der Waals surface area contributed by atoms with E-state index in [2.05, 4.69) is 40.1 Å². The lowest BCUT2D eigenvalue weighted by Gasteiger charge is -2.49. The summed E-state index contributed by atoms with van der Waals surface area (Å²) in [7, 11) is 0. The number of rotatable bonds is 9. The molecular weight excluding hydrogens is 818 g/mol. The van der Waals surface area contributed by atoms with Crippen LogP contribution in [0.1, 0.15) is 64.8 Å². The van der Waals surface area contributed by atoms with Crippen molar-refractivity contribution in [3.8, 4) is 0 Å². The maximum atomic E-state index is 13.5. The molecule has 0 radical (unpaired) electrons. The molecule has 5 saturated heterocycles. The molecule has 0 aliphatic carbocycles. The predicted molar refractivity (Wildman–Crippen MR) is 228 cm³/mol. The van der Waals surface area contributed by atoms with E-state index in [1.165, 1.54) is 12.1 Å². The largest absolute Gasteiger partial charge is 0.407 e. The third kappa shape index (κ3) is 8.68. The Bertz CT molecular complexity index is 2320. The van der Waals surface area contributed by atoms with Crippen LogP contribution in [0.4, 0.5) is 41.7 Å². The SMILES string of the molecule is [C-]#[N+]c1ccc(N2CCC(C(=O)Nc3ccc(N4CCC(CN5CC(N6CCN(c7ccc8c(c7)C(=O)N(C7CCC(=O)NC7=O)C8=O)CC6)C5)CC4)cn3)CC2)cc1C(F)(F)F. The molecule has 2 N–H and O–H groups in total. The first-order valence-corrected chi connectivity index (χ1v) is 21.8. The summed E-state index contributed by atoms with van der Waals surface area (Å²) < 4.78 is 40.5. The second-order valence-electron chi connectivity index (χ2n) is 17.5. The number of hydrogen-bond donors (Lipinski definition) is 2. The molecule has 9 rings (SSSR count). The second-order valence-corrected chi connectivity index (χ2v) is 17.5. The molecule has 6 aliphatic heterocycles. The van der Waals surface area contributed by atoms with Gasteiger partial charge in [-0.25, -0.2) is 9.83 Å². The number of nitrogens with one attached hydrogen (secondary N) is 2. The zero-order valence-corrected chi connectivity index (χ0v) is 34.8. The molecule has 18 heteroatoms. The van der Waals surface area contributed by atoms with Gasteiger partial charge in [0.25, 0.3) is 11.8 Å². The third-order valence-electron chi connectivity index (χ3n) is 13.7. The van der Waals surface area contributed by atoms with Crippen molar-refractivity contribution in [3.05, 3.63) is 82.8 Å². The first kappa shape index (κ1) is 42.3. The van der Waals surface area contributed by atoms with Crippen LogP contribution in [0.2, 0.25) is 0 Å². The number of nitrogens with zero attached hydrogens (tertiary/aromatic N) is 8. The fourth-order valence-corrected chi connectivity index (χ4v) is 9.98. The summed E-state index contributed by atoms with van der Waals surface area (Å²) in [6.45, 7) is 16.4. The van der Waals surface area contributed by atoms with Crippen LogP contribution in [-0.4, -0.2) is 133 Å². The monoisotopic (exact) mass is 866 g/mol. The minimum Gasteiger partial charge on any atom is -0.372 e. The fourth-order valence-electron chi connectivity index (χ4n) is 9.98. The maximum absolute atomic E-state index is 13.5. The Hall–Kier alpha value is -6.06. The van der Waals surface area contributed by atoms with Crippen LogP contribution in [0.5, 0.6) is 0 Å². The minimum atomic E-state index is -4.62. The van der Waals surface area contributed by atoms with Gasteiger partial charge in [0.15, 0.2) is 5.69 Å². The summed E-state index contributed by atoms with van der Waals surface area (Å²) in [5, 5.41) is 5.16. The highest BCUT2D eigenvalue weighted by atomic mass is 19.4. The van der Waals surface area contributed by atoms with E-state index < -0.39 is 47.1 Å². The zero-order chi connectivity index (χ0) is 44.0. The Balaban J connectivity index is 0.675. The number of fused-ring (bicyclic) bond motifs is 1. The molecule has 15 nitrogen and oxygen atoms in total. The summed E-state index contributed by atoms with van der Waals surface area (Å²) in [6.07, 6.45) is 0.541. The van der Waals surface area contributed by atoms with Gasteiger partial charge in [-0.05, 0) is 80.5 Å². The Morgan fingerprint density at radius 3 is 2.08 bits per heavy atom. The van der Waals surface area contributed by atoms with Gasteiger partial charge >= 0.3 is 6.18 Å². The summed E-state index contributed by atoms with van der Waals surface area (Å²) in [4.78, 5) is 83.7. The number of anilines is 4. The Kier molecular flexibility index (Phi) is 11.6. The van der Waals surface area contributed by atoms with Crippen LogP contribution in [-0.2, 0) is 20.6 Å². The number of amides is 5. The molecular formula is C45H49F3N10O5. The summed E-state index contributed by atoms with van der Waals surface area (Å²) in [6, 6.07) is 12.4. The topological polar surface area (TPSA) is 146 Å². The third-order valence-corrected chi connectivity index (χ3v) is 13.7. The van der Waals surface area contributed by atoms with Crippen molar-refractivity contribution in [1.29, 1.82) is 0 Å². The van der Waals surface area contributed by atoms with Crippen molar-refractivity contribution in [2.45, 2.75) is 56.8 Å². The molecule has 5 fully saturated rings. The molecule has 3 aromatic rings. The van der Waals surface area contributed by atoms with Crippen molar-refractivity contribution < 1.29 is 37.1 Å². The van der Waals surface area contributed by atoms with Gasteiger partial charge in [0.1, 0.15) is 11.9 Å². The summed E-state index contributed by atoms with van der Waals surface area (Å²) >= 11 is 0. The van der Waals surface area contributed by atoms with Crippen molar-refractivity contribution >= 4 is 58.1 Å². The number of carbonyl (C=O) groups excluding carboxylic acids is 5. The summed E-state index contributed by atoms with van der Waals surface area (Å²) in [5.74, 6) is -1.35. The lowest BCUT2D eigenvalue weighted by Crippen LogP contribution is -2.63. The Morgan fingerprint density at radius 2 is 1.41 bits per heavy atom. The Morgan fingerprint density at radius 1 is 0.778 bits per heavy atom.